The molecule has 0 amide bonds. The summed E-state index contributed by atoms with van der Waals surface area (Å²) in [6, 6.07) is 1.41. The third-order valence-electron chi connectivity index (χ3n) is 4.82. The van der Waals surface area contributed by atoms with Crippen LogP contribution in [-0.2, 0) is 9.53 Å². The lowest BCUT2D eigenvalue weighted by Gasteiger charge is -2.30. The highest BCUT2D eigenvalue weighted by atomic mass is 16.5. The average molecular weight is 350 g/mol. The fourth-order valence-electron chi connectivity index (χ4n) is 3.10. The number of Topliss-reactive ketones (excluding diaryl/α,β-unsaturated/α-hetero) is 1. The molecule has 1 fully saturated rings. The van der Waals surface area contributed by atoms with Gasteiger partial charge >= 0.3 is 5.97 Å². The number of nitrogens with two attached hydrogens (primary N) is 1. The van der Waals surface area contributed by atoms with E-state index in [9.17, 15) is 14.7 Å². The molecule has 0 aliphatic heterocycles. The standard InChI is InChI=1S/C18H26N2O5/c1-11(12-7-5-4-6-8-12)25-17(23)18(2,19)16(22)14-15(21)13(24-3)9-10-20-14/h9-12,21H,4-8,19H2,1-3H3/t11?,18-/m1/s1. The molecule has 0 saturated heterocycles. The topological polar surface area (TPSA) is 112 Å². The zero-order valence-electron chi connectivity index (χ0n) is 14.9. The molecule has 2 rings (SSSR count). The Hall–Kier alpha value is -2.15. The second-order valence-electron chi connectivity index (χ2n) is 6.75. The molecule has 3 N–H and O–H groups in total. The van der Waals surface area contributed by atoms with Crippen molar-refractivity contribution in [3.63, 3.8) is 0 Å². The minimum Gasteiger partial charge on any atom is -0.503 e. The molecule has 1 aliphatic rings. The molecule has 1 aromatic rings. The molecule has 1 saturated carbocycles. The van der Waals surface area contributed by atoms with Crippen molar-refractivity contribution in [1.29, 1.82) is 0 Å². The Bertz CT molecular complexity index is 638. The van der Waals surface area contributed by atoms with Gasteiger partial charge in [-0.15, -0.1) is 0 Å². The highest BCUT2D eigenvalue weighted by Gasteiger charge is 2.42. The molecule has 0 bridgehead atoms. The zero-order valence-corrected chi connectivity index (χ0v) is 14.9. The van der Waals surface area contributed by atoms with Crippen molar-refractivity contribution >= 4 is 11.8 Å². The monoisotopic (exact) mass is 350 g/mol. The highest BCUT2D eigenvalue weighted by Crippen LogP contribution is 2.31. The van der Waals surface area contributed by atoms with Crippen LogP contribution in [0.15, 0.2) is 12.3 Å². The van der Waals surface area contributed by atoms with E-state index in [-0.39, 0.29) is 23.5 Å². The lowest BCUT2D eigenvalue weighted by atomic mass is 9.85. The third kappa shape index (κ3) is 4.10. The number of ether oxygens (including phenoxy) is 2. The van der Waals surface area contributed by atoms with Crippen molar-refractivity contribution in [2.24, 2.45) is 11.7 Å². The van der Waals surface area contributed by atoms with E-state index < -0.39 is 23.0 Å². The van der Waals surface area contributed by atoms with E-state index in [2.05, 4.69) is 4.98 Å². The maximum Gasteiger partial charge on any atom is 0.334 e. The lowest BCUT2D eigenvalue weighted by Crippen LogP contribution is -2.54. The van der Waals surface area contributed by atoms with Gasteiger partial charge in [-0.25, -0.2) is 9.78 Å². The summed E-state index contributed by atoms with van der Waals surface area (Å²) in [5.41, 5.74) is 3.70. The van der Waals surface area contributed by atoms with E-state index >= 15 is 0 Å². The van der Waals surface area contributed by atoms with E-state index in [0.29, 0.717) is 0 Å². The molecule has 2 atom stereocenters. The first kappa shape index (κ1) is 19.2. The number of hydrogen-bond donors (Lipinski definition) is 2. The summed E-state index contributed by atoms with van der Waals surface area (Å²) < 4.78 is 10.4. The molecule has 138 valence electrons. The summed E-state index contributed by atoms with van der Waals surface area (Å²) in [5, 5.41) is 10.1. The van der Waals surface area contributed by atoms with Crippen LogP contribution < -0.4 is 10.5 Å². The minimum atomic E-state index is -1.94. The van der Waals surface area contributed by atoms with Crippen LogP contribution in [0.25, 0.3) is 0 Å². The number of carbonyl (C=O) groups excluding carboxylic acids is 2. The smallest absolute Gasteiger partial charge is 0.334 e. The van der Waals surface area contributed by atoms with Gasteiger partial charge in [0.1, 0.15) is 6.10 Å². The fourth-order valence-corrected chi connectivity index (χ4v) is 3.10. The first-order valence-electron chi connectivity index (χ1n) is 8.55. The predicted molar refractivity (Wildman–Crippen MR) is 91.5 cm³/mol. The van der Waals surface area contributed by atoms with Gasteiger partial charge in [0.05, 0.1) is 7.11 Å². The van der Waals surface area contributed by atoms with Gasteiger partial charge in [-0.05, 0) is 32.6 Å². The largest absolute Gasteiger partial charge is 0.503 e. The van der Waals surface area contributed by atoms with Gasteiger partial charge in [0.15, 0.2) is 22.7 Å². The Kier molecular flexibility index (Phi) is 6.00. The van der Waals surface area contributed by atoms with Crippen LogP contribution >= 0.6 is 0 Å². The van der Waals surface area contributed by atoms with E-state index in [1.54, 1.807) is 0 Å². The Balaban J connectivity index is 2.13. The maximum atomic E-state index is 12.7. The SMILES string of the molecule is COc1ccnc(C(=O)[C@@](C)(N)C(=O)OC(C)C2CCCCC2)c1O. The highest BCUT2D eigenvalue weighted by molar-refractivity contribution is 6.16. The number of carbonyl (C=O) groups is 2. The van der Waals surface area contributed by atoms with Crippen molar-refractivity contribution in [2.75, 3.05) is 7.11 Å². The van der Waals surface area contributed by atoms with E-state index in [0.717, 1.165) is 25.7 Å². The average Bonchev–Trinajstić information content (AvgIpc) is 2.61. The normalized spacial score (nSPS) is 18.9. The zero-order chi connectivity index (χ0) is 18.6. The molecule has 25 heavy (non-hydrogen) atoms. The first-order chi connectivity index (χ1) is 11.8. The van der Waals surface area contributed by atoms with Crippen molar-refractivity contribution in [3.05, 3.63) is 18.0 Å². The summed E-state index contributed by atoms with van der Waals surface area (Å²) in [6.07, 6.45) is 6.43. The van der Waals surface area contributed by atoms with Crippen LogP contribution in [0.5, 0.6) is 11.5 Å². The van der Waals surface area contributed by atoms with Crippen LogP contribution in [0.3, 0.4) is 0 Å². The summed E-state index contributed by atoms with van der Waals surface area (Å²) in [7, 11) is 1.35. The first-order valence-corrected chi connectivity index (χ1v) is 8.55. The van der Waals surface area contributed by atoms with Crippen LogP contribution in [-0.4, -0.2) is 40.6 Å². The molecule has 0 radical (unpaired) electrons. The molecule has 7 heteroatoms. The predicted octanol–water partition coefficient (Wildman–Crippen LogP) is 2.21. The molecule has 0 aromatic carbocycles. The third-order valence-corrected chi connectivity index (χ3v) is 4.82. The van der Waals surface area contributed by atoms with Crippen LogP contribution in [0.4, 0.5) is 0 Å². The van der Waals surface area contributed by atoms with E-state index in [1.807, 2.05) is 6.92 Å². The van der Waals surface area contributed by atoms with Gasteiger partial charge < -0.3 is 20.3 Å². The molecule has 1 unspecified atom stereocenters. The second-order valence-corrected chi connectivity index (χ2v) is 6.75. The van der Waals surface area contributed by atoms with E-state index in [4.69, 9.17) is 15.2 Å². The number of rotatable bonds is 6. The molecule has 7 nitrogen and oxygen atoms in total. The Morgan fingerprint density at radius 2 is 2.00 bits per heavy atom. The number of methoxy groups -OCH3 is 1. The Morgan fingerprint density at radius 1 is 1.36 bits per heavy atom. The molecule has 0 spiro atoms. The molecule has 1 aliphatic carbocycles. The van der Waals surface area contributed by atoms with E-state index in [1.165, 1.54) is 32.7 Å². The summed E-state index contributed by atoms with van der Waals surface area (Å²) in [5.74, 6) is -1.71. The second kappa shape index (κ2) is 7.82. The van der Waals surface area contributed by atoms with Gasteiger partial charge in [0, 0.05) is 12.3 Å². The number of nitrogens with zero attached hydrogens (tertiary/aromatic N) is 1. The molecular weight excluding hydrogens is 324 g/mol. The van der Waals surface area contributed by atoms with Gasteiger partial charge in [-0.1, -0.05) is 19.3 Å². The quantitative estimate of drug-likeness (QED) is 0.459. The summed E-state index contributed by atoms with van der Waals surface area (Å²) in [4.78, 5) is 29.0. The van der Waals surface area contributed by atoms with Crippen LogP contribution in [0.2, 0.25) is 0 Å². The molecular formula is C18H26N2O5. The number of aromatic nitrogens is 1. The number of aromatic hydroxyl groups is 1. The van der Waals surface area contributed by atoms with Crippen molar-refractivity contribution < 1.29 is 24.2 Å². The summed E-state index contributed by atoms with van der Waals surface area (Å²) >= 11 is 0. The van der Waals surface area contributed by atoms with Gasteiger partial charge in [-0.3, -0.25) is 4.79 Å². The number of pyridine rings is 1. The lowest BCUT2D eigenvalue weighted by molar-refractivity contribution is -0.155. The number of ketones is 1. The molecule has 1 heterocycles. The van der Waals surface area contributed by atoms with Gasteiger partial charge in [-0.2, -0.15) is 0 Å². The number of esters is 1. The minimum absolute atomic E-state index is 0.0816. The van der Waals surface area contributed by atoms with Crippen molar-refractivity contribution in [3.8, 4) is 11.5 Å². The van der Waals surface area contributed by atoms with Gasteiger partial charge in [0.25, 0.3) is 0 Å². The number of hydrogen-bond acceptors (Lipinski definition) is 7. The maximum absolute atomic E-state index is 12.7. The van der Waals surface area contributed by atoms with Crippen LogP contribution in [0.1, 0.15) is 56.4 Å². The summed E-state index contributed by atoms with van der Waals surface area (Å²) in [6.45, 7) is 3.10. The Labute approximate surface area is 147 Å². The van der Waals surface area contributed by atoms with Gasteiger partial charge in [0.2, 0.25) is 5.78 Å². The van der Waals surface area contributed by atoms with Crippen molar-refractivity contribution in [1.82, 2.24) is 4.98 Å². The van der Waals surface area contributed by atoms with Crippen molar-refractivity contribution in [2.45, 2.75) is 57.6 Å². The molecule has 1 aromatic heterocycles. The van der Waals surface area contributed by atoms with Crippen LogP contribution in [0, 0.1) is 5.92 Å². The Morgan fingerprint density at radius 3 is 2.60 bits per heavy atom. The fraction of sp³-hybridized carbons (Fsp3) is 0.611.